The van der Waals surface area contributed by atoms with Crippen LogP contribution in [-0.4, -0.2) is 32.7 Å². The summed E-state index contributed by atoms with van der Waals surface area (Å²) in [6.45, 7) is 10.9. The Morgan fingerprint density at radius 1 is 1.22 bits per heavy atom. The van der Waals surface area contributed by atoms with E-state index in [-0.39, 0.29) is 17.9 Å². The Morgan fingerprint density at radius 2 is 2.00 bits per heavy atom. The zero-order valence-corrected chi connectivity index (χ0v) is 17.8. The smallest absolute Gasteiger partial charge is 0.298 e. The molecular formula is C24H24N6O2. The highest BCUT2D eigenvalue weighted by Crippen LogP contribution is 2.17. The zero-order valence-electron chi connectivity index (χ0n) is 17.8. The van der Waals surface area contributed by atoms with E-state index in [2.05, 4.69) is 39.0 Å². The molecule has 0 unspecified atom stereocenters. The fourth-order valence-electron chi connectivity index (χ4n) is 3.78. The van der Waals surface area contributed by atoms with Gasteiger partial charge in [0.05, 0.1) is 21.9 Å². The number of fused-ring (bicyclic) bond motifs is 1. The lowest BCUT2D eigenvalue weighted by atomic mass is 10.1. The van der Waals surface area contributed by atoms with Crippen molar-refractivity contribution in [1.29, 1.82) is 0 Å². The van der Waals surface area contributed by atoms with Crippen molar-refractivity contribution in [3.05, 3.63) is 80.3 Å². The molecule has 0 atom stereocenters. The lowest BCUT2D eigenvalue weighted by Gasteiger charge is -2.16. The van der Waals surface area contributed by atoms with Crippen LogP contribution in [0.25, 0.3) is 29.7 Å². The van der Waals surface area contributed by atoms with Crippen molar-refractivity contribution in [3.8, 4) is 5.69 Å². The molecule has 0 aliphatic rings. The monoisotopic (exact) mass is 428 g/mol. The van der Waals surface area contributed by atoms with Gasteiger partial charge in [0, 0.05) is 25.0 Å². The molecule has 0 bridgehead atoms. The average Bonchev–Trinajstić information content (AvgIpc) is 3.16. The van der Waals surface area contributed by atoms with Crippen molar-refractivity contribution in [2.24, 2.45) is 0 Å². The van der Waals surface area contributed by atoms with Crippen LogP contribution >= 0.6 is 0 Å². The molecule has 1 amide bonds. The van der Waals surface area contributed by atoms with Crippen molar-refractivity contribution in [2.45, 2.75) is 19.9 Å². The van der Waals surface area contributed by atoms with Crippen molar-refractivity contribution in [1.82, 2.24) is 25.1 Å². The predicted molar refractivity (Wildman–Crippen MR) is 126 cm³/mol. The Morgan fingerprint density at radius 3 is 2.75 bits per heavy atom. The Bertz CT molecular complexity index is 1440. The first kappa shape index (κ1) is 21.0. The maximum absolute atomic E-state index is 13.5. The van der Waals surface area contributed by atoms with Crippen LogP contribution in [0.4, 0.5) is 5.82 Å². The largest absolute Gasteiger partial charge is 0.365 e. The van der Waals surface area contributed by atoms with Crippen LogP contribution in [0.3, 0.4) is 0 Å². The van der Waals surface area contributed by atoms with Crippen LogP contribution < -0.4 is 26.8 Å². The van der Waals surface area contributed by atoms with Crippen LogP contribution in [0, 0.1) is 6.92 Å². The number of nitrogens with one attached hydrogen (secondary N) is 3. The van der Waals surface area contributed by atoms with E-state index in [0.717, 1.165) is 12.0 Å². The molecule has 0 saturated carbocycles. The molecule has 2 heterocycles. The molecule has 0 aliphatic carbocycles. The van der Waals surface area contributed by atoms with Gasteiger partial charge in [-0.3, -0.25) is 19.3 Å². The van der Waals surface area contributed by atoms with Crippen molar-refractivity contribution < 1.29 is 4.79 Å². The molecule has 162 valence electrons. The van der Waals surface area contributed by atoms with Crippen LogP contribution in [0.5, 0.6) is 0 Å². The molecule has 0 radical (unpaired) electrons. The number of rotatable bonds is 8. The number of amides is 1. The molecule has 0 aliphatic heterocycles. The summed E-state index contributed by atoms with van der Waals surface area (Å²) in [7, 11) is 0. The van der Waals surface area contributed by atoms with E-state index >= 15 is 0 Å². The van der Waals surface area contributed by atoms with Gasteiger partial charge in [-0.2, -0.15) is 5.10 Å². The second-order valence-electron chi connectivity index (χ2n) is 7.51. The SMILES string of the molecule is C=c1c(CNC=O)cc2n[nH]c(=C)c2c1-n1c(C)cnc(NCCc2ccccc2)c1=O. The Kier molecular flexibility index (Phi) is 5.85. The van der Waals surface area contributed by atoms with E-state index in [9.17, 15) is 9.59 Å². The molecule has 2 aromatic carbocycles. The zero-order chi connectivity index (χ0) is 22.7. The number of nitrogens with zero attached hydrogens (tertiary/aromatic N) is 3. The van der Waals surface area contributed by atoms with Crippen molar-refractivity contribution >= 4 is 36.3 Å². The molecule has 2 aromatic heterocycles. The molecule has 3 N–H and O–H groups in total. The minimum atomic E-state index is -0.287. The average molecular weight is 428 g/mol. The first-order chi connectivity index (χ1) is 15.5. The number of anilines is 1. The van der Waals surface area contributed by atoms with Crippen LogP contribution in [0.2, 0.25) is 0 Å². The number of benzene rings is 2. The third kappa shape index (κ3) is 3.90. The fourth-order valence-corrected chi connectivity index (χ4v) is 3.78. The van der Waals surface area contributed by atoms with E-state index in [4.69, 9.17) is 0 Å². The number of H-pyrrole nitrogens is 1. The number of hydrogen-bond acceptors (Lipinski definition) is 5. The molecule has 0 fully saturated rings. The highest BCUT2D eigenvalue weighted by molar-refractivity contribution is 5.88. The molecule has 0 saturated heterocycles. The summed E-state index contributed by atoms with van der Waals surface area (Å²) in [4.78, 5) is 28.6. The Hall–Kier alpha value is -4.20. The maximum Gasteiger partial charge on any atom is 0.298 e. The first-order valence-corrected chi connectivity index (χ1v) is 10.2. The molecular weight excluding hydrogens is 404 g/mol. The topological polar surface area (TPSA) is 105 Å². The van der Waals surface area contributed by atoms with Crippen molar-refractivity contribution in [3.63, 3.8) is 0 Å². The number of aromatic amines is 1. The quantitative estimate of drug-likeness (QED) is 0.365. The molecule has 8 heteroatoms. The van der Waals surface area contributed by atoms with Gasteiger partial charge < -0.3 is 10.6 Å². The maximum atomic E-state index is 13.5. The summed E-state index contributed by atoms with van der Waals surface area (Å²) in [5.41, 5.74) is 3.51. The number of aromatic nitrogens is 4. The second kappa shape index (κ2) is 8.89. The Labute approximate surface area is 184 Å². The molecule has 4 rings (SSSR count). The number of hydrogen-bond donors (Lipinski definition) is 3. The molecule has 32 heavy (non-hydrogen) atoms. The molecule has 8 nitrogen and oxygen atoms in total. The summed E-state index contributed by atoms with van der Waals surface area (Å²) < 4.78 is 1.58. The number of carbonyl (C=O) groups is 1. The van der Waals surface area contributed by atoms with Gasteiger partial charge in [0.2, 0.25) is 6.41 Å². The Balaban J connectivity index is 1.80. The first-order valence-electron chi connectivity index (χ1n) is 10.2. The van der Waals surface area contributed by atoms with Crippen LogP contribution in [-0.2, 0) is 17.8 Å². The summed E-state index contributed by atoms with van der Waals surface area (Å²) in [6.07, 6.45) is 3.04. The van der Waals surface area contributed by atoms with Gasteiger partial charge in [-0.25, -0.2) is 4.98 Å². The summed E-state index contributed by atoms with van der Waals surface area (Å²) in [5, 5.41) is 14.9. The van der Waals surface area contributed by atoms with E-state index < -0.39 is 0 Å². The third-order valence-corrected chi connectivity index (χ3v) is 5.38. The highest BCUT2D eigenvalue weighted by atomic mass is 16.1. The minimum Gasteiger partial charge on any atom is -0.365 e. The third-order valence-electron chi connectivity index (χ3n) is 5.38. The van der Waals surface area contributed by atoms with Gasteiger partial charge in [0.1, 0.15) is 0 Å². The number of carbonyl (C=O) groups excluding carboxylic acids is 1. The van der Waals surface area contributed by atoms with Crippen LogP contribution in [0.15, 0.2) is 47.4 Å². The van der Waals surface area contributed by atoms with E-state index in [1.54, 1.807) is 10.8 Å². The van der Waals surface area contributed by atoms with Gasteiger partial charge in [-0.15, -0.1) is 0 Å². The lowest BCUT2D eigenvalue weighted by molar-refractivity contribution is -0.109. The summed E-state index contributed by atoms with van der Waals surface area (Å²) in [5.74, 6) is 0.254. The van der Waals surface area contributed by atoms with Gasteiger partial charge in [0.25, 0.3) is 5.56 Å². The van der Waals surface area contributed by atoms with Gasteiger partial charge >= 0.3 is 0 Å². The van der Waals surface area contributed by atoms with E-state index in [1.165, 1.54) is 5.56 Å². The van der Waals surface area contributed by atoms with E-state index in [1.807, 2.05) is 43.3 Å². The van der Waals surface area contributed by atoms with Crippen molar-refractivity contribution in [2.75, 3.05) is 11.9 Å². The number of aryl methyl sites for hydroxylation is 1. The lowest BCUT2D eigenvalue weighted by Crippen LogP contribution is -2.32. The highest BCUT2D eigenvalue weighted by Gasteiger charge is 2.17. The standard InChI is InChI=1S/C24H24N6O2/c1-15-12-27-23(26-10-9-18-7-5-4-6-8-18)24(32)30(15)22-16(2)19(13-25-14-31)11-20-21(22)17(3)28-29-20/h4-8,11-12,14,28H,2-3,9-10,13H2,1H3,(H,25,31)(H,26,27). The van der Waals surface area contributed by atoms with Gasteiger partial charge in [-0.05, 0) is 35.8 Å². The minimum absolute atomic E-state index is 0.254. The van der Waals surface area contributed by atoms with Gasteiger partial charge in [0.15, 0.2) is 5.82 Å². The normalized spacial score (nSPS) is 10.9. The second-order valence-corrected chi connectivity index (χ2v) is 7.51. The van der Waals surface area contributed by atoms with Crippen LogP contribution in [0.1, 0.15) is 16.8 Å². The molecule has 4 aromatic rings. The summed E-state index contributed by atoms with van der Waals surface area (Å²) in [6, 6.07) is 11.9. The molecule has 0 spiro atoms. The van der Waals surface area contributed by atoms with E-state index in [0.29, 0.717) is 45.8 Å². The predicted octanol–water partition coefficient (Wildman–Crippen LogP) is 1.14. The summed E-state index contributed by atoms with van der Waals surface area (Å²) >= 11 is 0. The fraction of sp³-hybridized carbons (Fsp3) is 0.167. The van der Waals surface area contributed by atoms with Gasteiger partial charge in [-0.1, -0.05) is 43.5 Å².